The van der Waals surface area contributed by atoms with Crippen LogP contribution in [0.5, 0.6) is 0 Å². The third kappa shape index (κ3) is 2.99. The van der Waals surface area contributed by atoms with Gasteiger partial charge in [0.05, 0.1) is 13.2 Å². The zero-order chi connectivity index (χ0) is 12.3. The van der Waals surface area contributed by atoms with Crippen molar-refractivity contribution in [1.82, 2.24) is 10.2 Å². The molecular formula is C13H24N2O2. The molecule has 98 valence electrons. The molecule has 0 aromatic heterocycles. The van der Waals surface area contributed by atoms with Crippen LogP contribution >= 0.6 is 0 Å². The summed E-state index contributed by atoms with van der Waals surface area (Å²) >= 11 is 0. The van der Waals surface area contributed by atoms with Crippen molar-refractivity contribution in [2.75, 3.05) is 19.7 Å². The van der Waals surface area contributed by atoms with Crippen molar-refractivity contribution in [2.24, 2.45) is 0 Å². The number of esters is 1. The molecule has 2 bridgehead atoms. The molecule has 2 aliphatic rings. The summed E-state index contributed by atoms with van der Waals surface area (Å²) in [5, 5.41) is 3.54. The van der Waals surface area contributed by atoms with Crippen LogP contribution in [0.25, 0.3) is 0 Å². The first kappa shape index (κ1) is 12.8. The van der Waals surface area contributed by atoms with Gasteiger partial charge in [-0.2, -0.15) is 0 Å². The molecule has 0 saturated carbocycles. The molecule has 2 fully saturated rings. The Hall–Kier alpha value is -0.610. The minimum atomic E-state index is -0.0636. The molecule has 0 spiro atoms. The predicted octanol–water partition coefficient (Wildman–Crippen LogP) is 1.15. The lowest BCUT2D eigenvalue weighted by Crippen LogP contribution is -2.50. The van der Waals surface area contributed by atoms with Gasteiger partial charge in [0.2, 0.25) is 0 Å². The first-order chi connectivity index (χ1) is 8.24. The Morgan fingerprint density at radius 1 is 1.29 bits per heavy atom. The monoisotopic (exact) mass is 240 g/mol. The highest BCUT2D eigenvalue weighted by atomic mass is 16.5. The highest BCUT2D eigenvalue weighted by Gasteiger charge is 2.41. The maximum Gasteiger partial charge on any atom is 0.320 e. The van der Waals surface area contributed by atoms with E-state index in [2.05, 4.69) is 17.1 Å². The molecule has 0 amide bonds. The number of hydrogen-bond donors (Lipinski definition) is 1. The normalized spacial score (nSPS) is 32.7. The van der Waals surface area contributed by atoms with Crippen LogP contribution in [0.15, 0.2) is 0 Å². The van der Waals surface area contributed by atoms with Gasteiger partial charge in [0, 0.05) is 18.1 Å². The number of piperidine rings is 1. The smallest absolute Gasteiger partial charge is 0.320 e. The van der Waals surface area contributed by atoms with E-state index in [0.717, 1.165) is 6.54 Å². The van der Waals surface area contributed by atoms with Crippen LogP contribution in [-0.4, -0.2) is 48.7 Å². The summed E-state index contributed by atoms with van der Waals surface area (Å²) in [6, 6.07) is 1.82. The fourth-order valence-electron chi connectivity index (χ4n) is 3.34. The third-order valence-electron chi connectivity index (χ3n) is 3.99. The van der Waals surface area contributed by atoms with Crippen LogP contribution in [0.2, 0.25) is 0 Å². The van der Waals surface area contributed by atoms with Gasteiger partial charge in [-0.1, -0.05) is 6.92 Å². The number of carbonyl (C=O) groups is 1. The molecule has 2 saturated heterocycles. The number of nitrogens with one attached hydrogen (secondary N) is 1. The Kier molecular flexibility index (Phi) is 4.40. The summed E-state index contributed by atoms with van der Waals surface area (Å²) in [7, 11) is 0. The molecule has 1 N–H and O–H groups in total. The largest absolute Gasteiger partial charge is 0.465 e. The van der Waals surface area contributed by atoms with Crippen LogP contribution in [0.4, 0.5) is 0 Å². The fourth-order valence-corrected chi connectivity index (χ4v) is 3.34. The van der Waals surface area contributed by atoms with E-state index >= 15 is 0 Å². The minimum Gasteiger partial charge on any atom is -0.465 e. The molecule has 0 aliphatic carbocycles. The van der Waals surface area contributed by atoms with Crippen LogP contribution in [-0.2, 0) is 9.53 Å². The maximum absolute atomic E-state index is 11.6. The standard InChI is InChI=1S/C13H24N2O2/c1-3-14-10-7-11-5-6-12(8-10)15(11)9-13(16)17-4-2/h10-12,14H,3-9H2,1-2H3. The molecule has 2 unspecified atom stereocenters. The predicted molar refractivity (Wildman–Crippen MR) is 66.8 cm³/mol. The lowest BCUT2D eigenvalue weighted by Gasteiger charge is -2.38. The third-order valence-corrected chi connectivity index (χ3v) is 3.99. The highest BCUT2D eigenvalue weighted by molar-refractivity contribution is 5.71. The molecule has 0 radical (unpaired) electrons. The Bertz CT molecular complexity index is 256. The van der Waals surface area contributed by atoms with Gasteiger partial charge in [0.25, 0.3) is 0 Å². The molecular weight excluding hydrogens is 216 g/mol. The van der Waals surface area contributed by atoms with E-state index in [9.17, 15) is 4.79 Å². The second kappa shape index (κ2) is 5.83. The van der Waals surface area contributed by atoms with Crippen molar-refractivity contribution in [3.05, 3.63) is 0 Å². The van der Waals surface area contributed by atoms with Crippen molar-refractivity contribution in [2.45, 2.75) is 57.7 Å². The number of nitrogens with zero attached hydrogens (tertiary/aromatic N) is 1. The van der Waals surface area contributed by atoms with Gasteiger partial charge in [-0.3, -0.25) is 9.69 Å². The average Bonchev–Trinajstić information content (AvgIpc) is 2.53. The van der Waals surface area contributed by atoms with Crippen molar-refractivity contribution in [1.29, 1.82) is 0 Å². The molecule has 0 aromatic carbocycles. The summed E-state index contributed by atoms with van der Waals surface area (Å²) in [5.41, 5.74) is 0. The van der Waals surface area contributed by atoms with Crippen molar-refractivity contribution < 1.29 is 9.53 Å². The van der Waals surface area contributed by atoms with Gasteiger partial charge in [0.1, 0.15) is 0 Å². The van der Waals surface area contributed by atoms with E-state index < -0.39 is 0 Å². The molecule has 2 aliphatic heterocycles. The Balaban J connectivity index is 1.87. The highest BCUT2D eigenvalue weighted by Crippen LogP contribution is 2.35. The first-order valence-electron chi connectivity index (χ1n) is 6.89. The van der Waals surface area contributed by atoms with Gasteiger partial charge < -0.3 is 10.1 Å². The van der Waals surface area contributed by atoms with E-state index in [1.54, 1.807) is 0 Å². The molecule has 2 rings (SSSR count). The quantitative estimate of drug-likeness (QED) is 0.732. The summed E-state index contributed by atoms with van der Waals surface area (Å²) in [6.45, 7) is 6.04. The first-order valence-corrected chi connectivity index (χ1v) is 6.89. The molecule has 2 atom stereocenters. The lowest BCUT2D eigenvalue weighted by molar-refractivity contribution is -0.145. The maximum atomic E-state index is 11.6. The van der Waals surface area contributed by atoms with Crippen LogP contribution < -0.4 is 5.32 Å². The van der Waals surface area contributed by atoms with Gasteiger partial charge in [0.15, 0.2) is 0 Å². The summed E-state index contributed by atoms with van der Waals surface area (Å²) < 4.78 is 5.05. The number of rotatable bonds is 5. The van der Waals surface area contributed by atoms with E-state index in [1.807, 2.05) is 6.92 Å². The molecule has 17 heavy (non-hydrogen) atoms. The molecule has 4 nitrogen and oxygen atoms in total. The topological polar surface area (TPSA) is 41.6 Å². The number of ether oxygens (including phenoxy) is 1. The average molecular weight is 240 g/mol. The van der Waals surface area contributed by atoms with Gasteiger partial charge >= 0.3 is 5.97 Å². The van der Waals surface area contributed by atoms with E-state index in [1.165, 1.54) is 25.7 Å². The second-order valence-corrected chi connectivity index (χ2v) is 5.09. The van der Waals surface area contributed by atoms with Crippen molar-refractivity contribution in [3.8, 4) is 0 Å². The SMILES string of the molecule is CCNC1CC2CCC(C1)N2CC(=O)OCC. The van der Waals surface area contributed by atoms with Gasteiger partial charge in [-0.15, -0.1) is 0 Å². The van der Waals surface area contributed by atoms with Gasteiger partial charge in [-0.05, 0) is 39.2 Å². The molecule has 2 heterocycles. The lowest BCUT2D eigenvalue weighted by atomic mass is 9.97. The molecule has 4 heteroatoms. The second-order valence-electron chi connectivity index (χ2n) is 5.09. The zero-order valence-electron chi connectivity index (χ0n) is 10.9. The number of fused-ring (bicyclic) bond motifs is 2. The minimum absolute atomic E-state index is 0.0636. The summed E-state index contributed by atoms with van der Waals surface area (Å²) in [4.78, 5) is 13.9. The van der Waals surface area contributed by atoms with Gasteiger partial charge in [-0.25, -0.2) is 0 Å². The number of hydrogen-bond acceptors (Lipinski definition) is 4. The van der Waals surface area contributed by atoms with Crippen LogP contribution in [0.3, 0.4) is 0 Å². The zero-order valence-corrected chi connectivity index (χ0v) is 10.9. The summed E-state index contributed by atoms with van der Waals surface area (Å²) in [5.74, 6) is -0.0636. The van der Waals surface area contributed by atoms with Crippen molar-refractivity contribution in [3.63, 3.8) is 0 Å². The fraction of sp³-hybridized carbons (Fsp3) is 0.923. The van der Waals surface area contributed by atoms with E-state index in [4.69, 9.17) is 4.74 Å². The number of carbonyl (C=O) groups excluding carboxylic acids is 1. The summed E-state index contributed by atoms with van der Waals surface area (Å²) in [6.07, 6.45) is 4.85. The Labute approximate surface area is 104 Å². The van der Waals surface area contributed by atoms with E-state index in [0.29, 0.717) is 31.3 Å². The van der Waals surface area contributed by atoms with Crippen LogP contribution in [0.1, 0.15) is 39.5 Å². The van der Waals surface area contributed by atoms with Crippen molar-refractivity contribution >= 4 is 5.97 Å². The van der Waals surface area contributed by atoms with Crippen LogP contribution in [0, 0.1) is 0 Å². The Morgan fingerprint density at radius 3 is 2.47 bits per heavy atom. The molecule has 0 aromatic rings. The Morgan fingerprint density at radius 2 is 1.94 bits per heavy atom. The van der Waals surface area contributed by atoms with E-state index in [-0.39, 0.29) is 5.97 Å².